The van der Waals surface area contributed by atoms with E-state index in [0.29, 0.717) is 30.9 Å². The van der Waals surface area contributed by atoms with Gasteiger partial charge in [0.2, 0.25) is 0 Å². The number of imidazole rings is 1. The first-order chi connectivity index (χ1) is 15.0. The van der Waals surface area contributed by atoms with Crippen LogP contribution in [0.15, 0.2) is 39.9 Å². The highest BCUT2D eigenvalue weighted by Crippen LogP contribution is 2.15. The Balaban J connectivity index is 1.54. The maximum Gasteiger partial charge on any atom is 0.332 e. The Morgan fingerprint density at radius 3 is 2.23 bits per heavy atom. The highest BCUT2D eigenvalue weighted by Gasteiger charge is 2.23. The lowest BCUT2D eigenvalue weighted by atomic mass is 10.2. The zero-order valence-electron chi connectivity index (χ0n) is 18.5. The van der Waals surface area contributed by atoms with Crippen molar-refractivity contribution in [3.63, 3.8) is 0 Å². The molecule has 2 aromatic heterocycles. The van der Waals surface area contributed by atoms with Gasteiger partial charge in [-0.15, -0.1) is 0 Å². The molecule has 9 heteroatoms. The maximum absolute atomic E-state index is 12.8. The van der Waals surface area contributed by atoms with Gasteiger partial charge in [-0.1, -0.05) is 30.3 Å². The lowest BCUT2D eigenvalue weighted by Crippen LogP contribution is -2.45. The minimum atomic E-state index is -0.366. The Labute approximate surface area is 181 Å². The fraction of sp³-hybridized carbons (Fsp3) is 0.500. The summed E-state index contributed by atoms with van der Waals surface area (Å²) in [6, 6.07) is 10.5. The number of rotatable bonds is 7. The van der Waals surface area contributed by atoms with Gasteiger partial charge in [0.25, 0.3) is 5.56 Å². The van der Waals surface area contributed by atoms with Crippen LogP contribution in [0.2, 0.25) is 0 Å². The van der Waals surface area contributed by atoms with Gasteiger partial charge in [0.1, 0.15) is 5.82 Å². The Morgan fingerprint density at radius 1 is 0.935 bits per heavy atom. The van der Waals surface area contributed by atoms with Crippen molar-refractivity contribution in [2.75, 3.05) is 39.9 Å². The third kappa shape index (κ3) is 4.34. The van der Waals surface area contributed by atoms with E-state index in [1.165, 1.54) is 17.2 Å². The van der Waals surface area contributed by atoms with E-state index < -0.39 is 0 Å². The molecule has 1 saturated heterocycles. The predicted molar refractivity (Wildman–Crippen MR) is 119 cm³/mol. The van der Waals surface area contributed by atoms with E-state index in [1.807, 2.05) is 10.6 Å². The van der Waals surface area contributed by atoms with Crippen molar-refractivity contribution >= 4 is 11.2 Å². The molecule has 1 fully saturated rings. The molecule has 0 saturated carbocycles. The van der Waals surface area contributed by atoms with E-state index in [1.54, 1.807) is 14.2 Å². The highest BCUT2D eigenvalue weighted by atomic mass is 16.5. The van der Waals surface area contributed by atoms with Gasteiger partial charge < -0.3 is 9.30 Å². The van der Waals surface area contributed by atoms with E-state index in [-0.39, 0.29) is 11.2 Å². The Bertz CT molecular complexity index is 1160. The maximum atomic E-state index is 12.8. The number of ether oxygens (including phenoxy) is 1. The largest absolute Gasteiger partial charge is 0.383 e. The molecule has 0 amide bonds. The minimum absolute atomic E-state index is 0.319. The van der Waals surface area contributed by atoms with Crippen molar-refractivity contribution in [1.82, 2.24) is 28.5 Å². The first kappa shape index (κ1) is 21.5. The summed E-state index contributed by atoms with van der Waals surface area (Å²) >= 11 is 0. The molecule has 3 heterocycles. The zero-order valence-corrected chi connectivity index (χ0v) is 18.5. The standard InChI is InChI=1S/C22H30N6O3/c1-24-20-19(21(29)25(2)22(24)30)28(13-14-31-3)18(23-20)16-27-11-9-26(10-12-27)15-17-7-5-4-6-8-17/h4-8H,9-16H2,1-3H3. The fourth-order valence-electron chi connectivity index (χ4n) is 4.18. The third-order valence-corrected chi connectivity index (χ3v) is 6.02. The van der Waals surface area contributed by atoms with Crippen molar-refractivity contribution in [1.29, 1.82) is 0 Å². The van der Waals surface area contributed by atoms with Crippen LogP contribution >= 0.6 is 0 Å². The molecule has 3 aromatic rings. The molecule has 1 aliphatic rings. The van der Waals surface area contributed by atoms with Gasteiger partial charge in [0, 0.05) is 60.5 Å². The molecule has 0 atom stereocenters. The molecule has 0 N–H and O–H groups in total. The van der Waals surface area contributed by atoms with Crippen LogP contribution in [0.3, 0.4) is 0 Å². The van der Waals surface area contributed by atoms with E-state index in [9.17, 15) is 9.59 Å². The fourth-order valence-corrected chi connectivity index (χ4v) is 4.18. The summed E-state index contributed by atoms with van der Waals surface area (Å²) in [5.74, 6) is 0.793. The highest BCUT2D eigenvalue weighted by molar-refractivity contribution is 5.71. The van der Waals surface area contributed by atoms with Crippen molar-refractivity contribution in [3.8, 4) is 0 Å². The Kier molecular flexibility index (Phi) is 6.35. The molecule has 1 aromatic carbocycles. The summed E-state index contributed by atoms with van der Waals surface area (Å²) in [6.45, 7) is 6.39. The second-order valence-electron chi connectivity index (χ2n) is 8.09. The van der Waals surface area contributed by atoms with Crippen LogP contribution in [0.25, 0.3) is 11.2 Å². The molecule has 166 valence electrons. The van der Waals surface area contributed by atoms with E-state index in [2.05, 4.69) is 34.1 Å². The average Bonchev–Trinajstić information content (AvgIpc) is 3.15. The summed E-state index contributed by atoms with van der Waals surface area (Å²) in [7, 11) is 4.80. The van der Waals surface area contributed by atoms with E-state index in [0.717, 1.165) is 43.1 Å². The normalized spacial score (nSPS) is 15.7. The Hall–Kier alpha value is -2.75. The number of nitrogens with zero attached hydrogens (tertiary/aromatic N) is 6. The molecular formula is C22H30N6O3. The first-order valence-electron chi connectivity index (χ1n) is 10.6. The number of aromatic nitrogens is 4. The van der Waals surface area contributed by atoms with Crippen LogP contribution in [0.1, 0.15) is 11.4 Å². The topological polar surface area (TPSA) is 77.5 Å². The molecule has 0 spiro atoms. The monoisotopic (exact) mass is 426 g/mol. The van der Waals surface area contributed by atoms with Gasteiger partial charge in [-0.05, 0) is 5.56 Å². The van der Waals surface area contributed by atoms with Crippen LogP contribution < -0.4 is 11.2 Å². The number of benzene rings is 1. The summed E-state index contributed by atoms with van der Waals surface area (Å²) in [5.41, 5.74) is 1.53. The molecule has 9 nitrogen and oxygen atoms in total. The number of piperazine rings is 1. The van der Waals surface area contributed by atoms with Gasteiger partial charge in [0.05, 0.1) is 13.2 Å². The molecular weight excluding hydrogens is 396 g/mol. The molecule has 4 rings (SSSR count). The predicted octanol–water partition coefficient (Wildman–Crippen LogP) is 0.398. The number of fused-ring (bicyclic) bond motifs is 1. The lowest BCUT2D eigenvalue weighted by Gasteiger charge is -2.34. The SMILES string of the molecule is COCCn1c(CN2CCN(Cc3ccccc3)CC2)nc2c1c(=O)n(C)c(=O)n2C. The smallest absolute Gasteiger partial charge is 0.332 e. The molecule has 31 heavy (non-hydrogen) atoms. The molecule has 0 unspecified atom stereocenters. The zero-order chi connectivity index (χ0) is 22.0. The van der Waals surface area contributed by atoms with E-state index >= 15 is 0 Å². The van der Waals surface area contributed by atoms with Crippen LogP contribution in [-0.4, -0.2) is 68.4 Å². The van der Waals surface area contributed by atoms with Crippen LogP contribution in [0, 0.1) is 0 Å². The third-order valence-electron chi connectivity index (χ3n) is 6.02. The molecule has 0 bridgehead atoms. The van der Waals surface area contributed by atoms with Crippen molar-refractivity contribution in [3.05, 3.63) is 62.6 Å². The number of aryl methyl sites for hydroxylation is 1. The second-order valence-corrected chi connectivity index (χ2v) is 8.09. The number of hydrogen-bond acceptors (Lipinski definition) is 6. The van der Waals surface area contributed by atoms with Crippen molar-refractivity contribution < 1.29 is 4.74 Å². The van der Waals surface area contributed by atoms with Crippen LogP contribution in [-0.2, 0) is 38.5 Å². The molecule has 1 aliphatic heterocycles. The van der Waals surface area contributed by atoms with Gasteiger partial charge >= 0.3 is 5.69 Å². The van der Waals surface area contributed by atoms with E-state index in [4.69, 9.17) is 9.72 Å². The summed E-state index contributed by atoms with van der Waals surface area (Å²) in [5, 5.41) is 0. The van der Waals surface area contributed by atoms with Gasteiger partial charge in [0.15, 0.2) is 11.2 Å². The lowest BCUT2D eigenvalue weighted by molar-refractivity contribution is 0.118. The quantitative estimate of drug-likeness (QED) is 0.544. The van der Waals surface area contributed by atoms with Gasteiger partial charge in [-0.2, -0.15) is 0 Å². The first-order valence-corrected chi connectivity index (χ1v) is 10.6. The molecule has 0 radical (unpaired) electrons. The van der Waals surface area contributed by atoms with Crippen molar-refractivity contribution in [2.24, 2.45) is 14.1 Å². The Morgan fingerprint density at radius 2 is 1.58 bits per heavy atom. The van der Waals surface area contributed by atoms with Crippen LogP contribution in [0.4, 0.5) is 0 Å². The van der Waals surface area contributed by atoms with Gasteiger partial charge in [-0.25, -0.2) is 9.78 Å². The molecule has 0 aliphatic carbocycles. The summed E-state index contributed by atoms with van der Waals surface area (Å²) in [6.07, 6.45) is 0. The number of hydrogen-bond donors (Lipinski definition) is 0. The summed E-state index contributed by atoms with van der Waals surface area (Å²) < 4.78 is 9.76. The average molecular weight is 427 g/mol. The second kappa shape index (κ2) is 9.17. The van der Waals surface area contributed by atoms with Gasteiger partial charge in [-0.3, -0.25) is 23.7 Å². The number of methoxy groups -OCH3 is 1. The van der Waals surface area contributed by atoms with Crippen molar-refractivity contribution in [2.45, 2.75) is 19.6 Å². The summed E-state index contributed by atoms with van der Waals surface area (Å²) in [4.78, 5) is 34.7. The van der Waals surface area contributed by atoms with Crippen LogP contribution in [0.5, 0.6) is 0 Å². The minimum Gasteiger partial charge on any atom is -0.383 e.